The van der Waals surface area contributed by atoms with Crippen molar-refractivity contribution < 1.29 is 13.9 Å². The topological polar surface area (TPSA) is 83.0 Å². The predicted octanol–water partition coefficient (Wildman–Crippen LogP) is 1.21. The van der Waals surface area contributed by atoms with Crippen molar-refractivity contribution in [2.45, 2.75) is 13.0 Å². The zero-order valence-electron chi connectivity index (χ0n) is 10.5. The Bertz CT molecular complexity index is 610. The lowest BCUT2D eigenvalue weighted by atomic mass is 10.1. The van der Waals surface area contributed by atoms with E-state index < -0.39 is 11.8 Å². The summed E-state index contributed by atoms with van der Waals surface area (Å²) in [7, 11) is 1.22. The summed E-state index contributed by atoms with van der Waals surface area (Å²) in [6.07, 6.45) is 1.25. The highest BCUT2D eigenvalue weighted by Crippen LogP contribution is 2.17. The van der Waals surface area contributed by atoms with Crippen LogP contribution in [0, 0.1) is 5.82 Å². The van der Waals surface area contributed by atoms with E-state index in [1.54, 1.807) is 13.0 Å². The lowest BCUT2D eigenvalue weighted by molar-refractivity contribution is 0.0587. The van der Waals surface area contributed by atoms with E-state index in [0.717, 1.165) is 0 Å². The summed E-state index contributed by atoms with van der Waals surface area (Å²) in [5.41, 5.74) is 6.53. The van der Waals surface area contributed by atoms with Crippen molar-refractivity contribution in [3.8, 4) is 5.69 Å². The van der Waals surface area contributed by atoms with Crippen LogP contribution >= 0.6 is 0 Å². The first-order chi connectivity index (χ1) is 9.02. The quantitative estimate of drug-likeness (QED) is 0.842. The van der Waals surface area contributed by atoms with E-state index in [0.29, 0.717) is 5.56 Å². The minimum atomic E-state index is -0.675. The number of aromatic nitrogens is 3. The number of nitrogens with two attached hydrogens (primary N) is 1. The second kappa shape index (κ2) is 5.15. The fraction of sp³-hybridized carbons (Fsp3) is 0.250. The van der Waals surface area contributed by atoms with Gasteiger partial charge in [0.25, 0.3) is 5.82 Å². The van der Waals surface area contributed by atoms with Crippen LogP contribution in [-0.2, 0) is 4.74 Å². The van der Waals surface area contributed by atoms with E-state index in [4.69, 9.17) is 5.73 Å². The van der Waals surface area contributed by atoms with E-state index in [-0.39, 0.29) is 17.6 Å². The second-order valence-corrected chi connectivity index (χ2v) is 4.00. The van der Waals surface area contributed by atoms with Gasteiger partial charge in [-0.3, -0.25) is 0 Å². The number of esters is 1. The van der Waals surface area contributed by atoms with Crippen molar-refractivity contribution in [1.82, 2.24) is 14.8 Å². The third-order valence-electron chi connectivity index (χ3n) is 2.60. The number of nitrogens with zero attached hydrogens (tertiary/aromatic N) is 3. The first-order valence-corrected chi connectivity index (χ1v) is 5.58. The Morgan fingerprint density at radius 1 is 1.53 bits per heavy atom. The first kappa shape index (κ1) is 13.2. The minimum absolute atomic E-state index is 0.127. The molecule has 0 amide bonds. The summed E-state index contributed by atoms with van der Waals surface area (Å²) in [5.74, 6) is -1.29. The van der Waals surface area contributed by atoms with Gasteiger partial charge in [0.1, 0.15) is 17.8 Å². The van der Waals surface area contributed by atoms with Gasteiger partial charge in [0.2, 0.25) is 0 Å². The third kappa shape index (κ3) is 2.60. The monoisotopic (exact) mass is 264 g/mol. The van der Waals surface area contributed by atoms with Gasteiger partial charge in [-0.25, -0.2) is 18.9 Å². The van der Waals surface area contributed by atoms with E-state index >= 15 is 0 Å². The van der Waals surface area contributed by atoms with E-state index in [1.165, 1.54) is 30.3 Å². The Labute approximate surface area is 109 Å². The number of hydrogen-bond donors (Lipinski definition) is 1. The molecule has 0 saturated carbocycles. The molecule has 1 unspecified atom stereocenters. The maximum atomic E-state index is 13.9. The van der Waals surface area contributed by atoms with Gasteiger partial charge in [-0.05, 0) is 24.6 Å². The molecule has 2 aromatic rings. The Kier molecular flexibility index (Phi) is 3.57. The number of carbonyl (C=O) groups is 1. The van der Waals surface area contributed by atoms with Crippen LogP contribution in [0.1, 0.15) is 29.1 Å². The van der Waals surface area contributed by atoms with Crippen molar-refractivity contribution in [1.29, 1.82) is 0 Å². The average molecular weight is 264 g/mol. The number of methoxy groups -OCH3 is 1. The largest absolute Gasteiger partial charge is 0.463 e. The maximum absolute atomic E-state index is 13.9. The molecule has 2 rings (SSSR count). The smallest absolute Gasteiger partial charge is 0.377 e. The van der Waals surface area contributed by atoms with Gasteiger partial charge >= 0.3 is 5.97 Å². The van der Waals surface area contributed by atoms with Crippen LogP contribution in [0.25, 0.3) is 5.69 Å². The molecule has 0 fully saturated rings. The molecule has 1 atom stereocenters. The van der Waals surface area contributed by atoms with Gasteiger partial charge in [-0.15, -0.1) is 5.10 Å². The van der Waals surface area contributed by atoms with Crippen molar-refractivity contribution in [2.75, 3.05) is 7.11 Å². The Hall–Kier alpha value is -2.28. The molecule has 1 aromatic carbocycles. The maximum Gasteiger partial charge on any atom is 0.377 e. The fourth-order valence-corrected chi connectivity index (χ4v) is 1.56. The van der Waals surface area contributed by atoms with Gasteiger partial charge in [0, 0.05) is 6.04 Å². The molecule has 0 aliphatic rings. The van der Waals surface area contributed by atoms with Crippen LogP contribution in [0.15, 0.2) is 24.5 Å². The lowest BCUT2D eigenvalue weighted by Crippen LogP contribution is -2.08. The SMILES string of the molecule is COC(=O)c1ncn(-c2ccc(C(C)N)cc2F)n1. The van der Waals surface area contributed by atoms with Gasteiger partial charge < -0.3 is 10.5 Å². The van der Waals surface area contributed by atoms with Crippen LogP contribution in [-0.4, -0.2) is 27.8 Å². The molecule has 0 saturated heterocycles. The molecule has 0 spiro atoms. The molecule has 1 aromatic heterocycles. The van der Waals surface area contributed by atoms with Crippen molar-refractivity contribution in [2.24, 2.45) is 5.73 Å². The molecular weight excluding hydrogens is 251 g/mol. The molecule has 19 heavy (non-hydrogen) atoms. The van der Waals surface area contributed by atoms with Gasteiger partial charge in [0.15, 0.2) is 0 Å². The third-order valence-corrected chi connectivity index (χ3v) is 2.60. The summed E-state index contributed by atoms with van der Waals surface area (Å²) in [6, 6.07) is 4.30. The molecular formula is C12H13FN4O2. The highest BCUT2D eigenvalue weighted by molar-refractivity contribution is 5.84. The molecule has 6 nitrogen and oxygen atoms in total. The molecule has 100 valence electrons. The normalized spacial score (nSPS) is 12.2. The molecule has 0 aliphatic carbocycles. The summed E-state index contributed by atoms with van der Waals surface area (Å²) in [4.78, 5) is 15.0. The van der Waals surface area contributed by atoms with Crippen LogP contribution < -0.4 is 5.73 Å². The first-order valence-electron chi connectivity index (χ1n) is 5.58. The van der Waals surface area contributed by atoms with Gasteiger partial charge in [-0.2, -0.15) is 0 Å². The van der Waals surface area contributed by atoms with Gasteiger partial charge in [0.05, 0.1) is 7.11 Å². The standard InChI is InChI=1S/C12H13FN4O2/c1-7(14)8-3-4-10(9(13)5-8)17-6-15-11(16-17)12(18)19-2/h3-7H,14H2,1-2H3. The van der Waals surface area contributed by atoms with Crippen LogP contribution in [0.3, 0.4) is 0 Å². The fourth-order valence-electron chi connectivity index (χ4n) is 1.56. The summed E-state index contributed by atoms with van der Waals surface area (Å²) < 4.78 is 19.6. The van der Waals surface area contributed by atoms with Crippen LogP contribution in [0.4, 0.5) is 4.39 Å². The number of halogens is 1. The van der Waals surface area contributed by atoms with Crippen LogP contribution in [0.2, 0.25) is 0 Å². The average Bonchev–Trinajstić information content (AvgIpc) is 2.87. The molecule has 0 bridgehead atoms. The Morgan fingerprint density at radius 3 is 2.84 bits per heavy atom. The number of hydrogen-bond acceptors (Lipinski definition) is 5. The number of ether oxygens (including phenoxy) is 1. The van der Waals surface area contributed by atoms with Crippen LogP contribution in [0.5, 0.6) is 0 Å². The molecule has 0 radical (unpaired) electrons. The highest BCUT2D eigenvalue weighted by Gasteiger charge is 2.14. The summed E-state index contributed by atoms with van der Waals surface area (Å²) >= 11 is 0. The zero-order chi connectivity index (χ0) is 14.0. The molecule has 0 aliphatic heterocycles. The molecule has 2 N–H and O–H groups in total. The minimum Gasteiger partial charge on any atom is -0.463 e. The number of rotatable bonds is 3. The van der Waals surface area contributed by atoms with Crippen molar-refractivity contribution in [3.63, 3.8) is 0 Å². The molecule has 7 heteroatoms. The van der Waals surface area contributed by atoms with Crippen molar-refractivity contribution in [3.05, 3.63) is 41.7 Å². The molecule has 1 heterocycles. The van der Waals surface area contributed by atoms with E-state index in [9.17, 15) is 9.18 Å². The Morgan fingerprint density at radius 2 is 2.26 bits per heavy atom. The van der Waals surface area contributed by atoms with Gasteiger partial charge in [-0.1, -0.05) is 6.07 Å². The van der Waals surface area contributed by atoms with E-state index in [1.807, 2.05) is 0 Å². The van der Waals surface area contributed by atoms with E-state index in [2.05, 4.69) is 14.8 Å². The second-order valence-electron chi connectivity index (χ2n) is 4.00. The number of carbonyl (C=O) groups excluding carboxylic acids is 1. The summed E-state index contributed by atoms with van der Waals surface area (Å²) in [5, 5.41) is 3.85. The zero-order valence-corrected chi connectivity index (χ0v) is 10.5. The predicted molar refractivity (Wildman–Crippen MR) is 65.3 cm³/mol. The lowest BCUT2D eigenvalue weighted by Gasteiger charge is -2.08. The summed E-state index contributed by atoms with van der Waals surface area (Å²) in [6.45, 7) is 1.76. The Balaban J connectivity index is 2.37. The highest BCUT2D eigenvalue weighted by atomic mass is 19.1. The van der Waals surface area contributed by atoms with Crippen molar-refractivity contribution >= 4 is 5.97 Å². The number of benzene rings is 1.